The van der Waals surface area contributed by atoms with Crippen molar-refractivity contribution in [1.29, 1.82) is 0 Å². The number of benzene rings is 1. The molecule has 3 nitrogen and oxygen atoms in total. The van der Waals surface area contributed by atoms with E-state index in [0.29, 0.717) is 18.1 Å². The zero-order chi connectivity index (χ0) is 13.9. The van der Waals surface area contributed by atoms with Crippen LogP contribution in [-0.2, 0) is 9.05 Å². The molecule has 0 heterocycles. The van der Waals surface area contributed by atoms with Gasteiger partial charge >= 0.3 is 0 Å². The zero-order valence-corrected chi connectivity index (χ0v) is 12.7. The van der Waals surface area contributed by atoms with Gasteiger partial charge in [0.05, 0.1) is 11.5 Å². The van der Waals surface area contributed by atoms with Crippen LogP contribution in [0.25, 0.3) is 0 Å². The number of ether oxygens (including phenoxy) is 1. The van der Waals surface area contributed by atoms with Gasteiger partial charge in [-0.1, -0.05) is 13.8 Å². The standard InChI is InChI=1S/C13H19ClO3S/c1-9(2)7-8-17-12-5-6-13(18(14,15)16)11(4)10(12)3/h5-6,9H,7-8H2,1-4H3. The molecule has 0 fully saturated rings. The third-order valence-electron chi connectivity index (χ3n) is 2.90. The molecule has 0 amide bonds. The third-order valence-corrected chi connectivity index (χ3v) is 4.37. The van der Waals surface area contributed by atoms with Crippen molar-refractivity contribution in [3.8, 4) is 5.75 Å². The molecular weight excluding hydrogens is 272 g/mol. The smallest absolute Gasteiger partial charge is 0.261 e. The Morgan fingerprint density at radius 3 is 2.33 bits per heavy atom. The van der Waals surface area contributed by atoms with Crippen molar-refractivity contribution in [2.75, 3.05) is 6.61 Å². The number of rotatable bonds is 5. The summed E-state index contributed by atoms with van der Waals surface area (Å²) in [5.74, 6) is 1.30. The fourth-order valence-corrected chi connectivity index (χ4v) is 2.85. The van der Waals surface area contributed by atoms with Crippen LogP contribution in [0.2, 0.25) is 0 Å². The van der Waals surface area contributed by atoms with E-state index in [0.717, 1.165) is 17.7 Å². The van der Waals surface area contributed by atoms with Crippen molar-refractivity contribution < 1.29 is 13.2 Å². The van der Waals surface area contributed by atoms with Crippen LogP contribution in [0.1, 0.15) is 31.4 Å². The second-order valence-corrected chi connectivity index (χ2v) is 7.32. The summed E-state index contributed by atoms with van der Waals surface area (Å²) in [6.07, 6.45) is 0.966. The summed E-state index contributed by atoms with van der Waals surface area (Å²) in [7, 11) is 1.68. The molecule has 0 N–H and O–H groups in total. The zero-order valence-electron chi connectivity index (χ0n) is 11.2. The molecule has 0 aliphatic carbocycles. The molecule has 0 aliphatic heterocycles. The molecular formula is C13H19ClO3S. The SMILES string of the molecule is Cc1c(OCCC(C)C)ccc(S(=O)(=O)Cl)c1C. The maximum atomic E-state index is 11.3. The van der Waals surface area contributed by atoms with Crippen molar-refractivity contribution in [3.63, 3.8) is 0 Å². The molecule has 0 bridgehead atoms. The van der Waals surface area contributed by atoms with Crippen LogP contribution in [0.4, 0.5) is 0 Å². The van der Waals surface area contributed by atoms with Gasteiger partial charge in [-0.15, -0.1) is 0 Å². The minimum Gasteiger partial charge on any atom is -0.493 e. The molecule has 0 atom stereocenters. The van der Waals surface area contributed by atoms with Crippen LogP contribution >= 0.6 is 10.7 Å². The molecule has 0 aliphatic rings. The minimum absolute atomic E-state index is 0.151. The largest absolute Gasteiger partial charge is 0.493 e. The van der Waals surface area contributed by atoms with E-state index < -0.39 is 9.05 Å². The predicted octanol–water partition coefficient (Wildman–Crippen LogP) is 3.66. The first-order valence-corrected chi connectivity index (χ1v) is 8.22. The second-order valence-electron chi connectivity index (χ2n) is 4.78. The molecule has 0 saturated heterocycles. The predicted molar refractivity (Wildman–Crippen MR) is 73.9 cm³/mol. The van der Waals surface area contributed by atoms with E-state index in [9.17, 15) is 8.42 Å². The van der Waals surface area contributed by atoms with Crippen LogP contribution in [0.3, 0.4) is 0 Å². The summed E-state index contributed by atoms with van der Waals surface area (Å²) < 4.78 is 28.3. The highest BCUT2D eigenvalue weighted by Gasteiger charge is 2.16. The van der Waals surface area contributed by atoms with E-state index in [2.05, 4.69) is 13.8 Å². The lowest BCUT2D eigenvalue weighted by Crippen LogP contribution is -2.04. The Balaban J connectivity index is 2.95. The lowest BCUT2D eigenvalue weighted by molar-refractivity contribution is 0.287. The highest BCUT2D eigenvalue weighted by Crippen LogP contribution is 2.29. The van der Waals surface area contributed by atoms with Crippen LogP contribution < -0.4 is 4.74 Å². The van der Waals surface area contributed by atoms with Crippen LogP contribution in [-0.4, -0.2) is 15.0 Å². The number of hydrogen-bond acceptors (Lipinski definition) is 3. The molecule has 18 heavy (non-hydrogen) atoms. The molecule has 102 valence electrons. The fourth-order valence-electron chi connectivity index (χ4n) is 1.60. The highest BCUT2D eigenvalue weighted by atomic mass is 35.7. The van der Waals surface area contributed by atoms with Gasteiger partial charge in [0.15, 0.2) is 0 Å². The summed E-state index contributed by atoms with van der Waals surface area (Å²) >= 11 is 0. The first-order chi connectivity index (χ1) is 8.23. The van der Waals surface area contributed by atoms with Crippen LogP contribution in [0, 0.1) is 19.8 Å². The van der Waals surface area contributed by atoms with Gasteiger partial charge in [0.2, 0.25) is 0 Å². The molecule has 1 aromatic rings. The average Bonchev–Trinajstić information content (AvgIpc) is 2.22. The molecule has 0 saturated carbocycles. The van der Waals surface area contributed by atoms with E-state index in [1.54, 1.807) is 13.0 Å². The Morgan fingerprint density at radius 1 is 1.22 bits per heavy atom. The average molecular weight is 291 g/mol. The first-order valence-electron chi connectivity index (χ1n) is 5.91. The van der Waals surface area contributed by atoms with Crippen molar-refractivity contribution in [2.45, 2.75) is 39.0 Å². The van der Waals surface area contributed by atoms with Gasteiger partial charge in [-0.05, 0) is 49.4 Å². The number of hydrogen-bond donors (Lipinski definition) is 0. The van der Waals surface area contributed by atoms with Crippen molar-refractivity contribution in [2.24, 2.45) is 5.92 Å². The van der Waals surface area contributed by atoms with Crippen LogP contribution in [0.15, 0.2) is 17.0 Å². The molecule has 0 radical (unpaired) electrons. The lowest BCUT2D eigenvalue weighted by Gasteiger charge is -2.13. The normalized spacial score (nSPS) is 11.9. The summed E-state index contributed by atoms with van der Waals surface area (Å²) in [5, 5.41) is 0. The molecule has 1 rings (SSSR count). The Bertz CT molecular complexity index is 521. The van der Waals surface area contributed by atoms with Gasteiger partial charge in [0.25, 0.3) is 9.05 Å². The highest BCUT2D eigenvalue weighted by molar-refractivity contribution is 8.13. The lowest BCUT2D eigenvalue weighted by atomic mass is 10.1. The van der Waals surface area contributed by atoms with Gasteiger partial charge in [-0.25, -0.2) is 8.42 Å². The number of halogens is 1. The van der Waals surface area contributed by atoms with Crippen LogP contribution in [0.5, 0.6) is 5.75 Å². The van der Waals surface area contributed by atoms with E-state index in [1.807, 2.05) is 6.92 Å². The van der Waals surface area contributed by atoms with Gasteiger partial charge in [0.1, 0.15) is 5.75 Å². The molecule has 5 heteroatoms. The Labute approximate surface area is 114 Å². The van der Waals surface area contributed by atoms with Gasteiger partial charge in [-0.2, -0.15) is 0 Å². The van der Waals surface area contributed by atoms with Crippen molar-refractivity contribution >= 4 is 19.7 Å². The Kier molecular flexibility index (Phi) is 5.05. The van der Waals surface area contributed by atoms with E-state index in [4.69, 9.17) is 15.4 Å². The first kappa shape index (κ1) is 15.3. The quantitative estimate of drug-likeness (QED) is 0.777. The summed E-state index contributed by atoms with van der Waals surface area (Å²) in [4.78, 5) is 0.151. The molecule has 1 aromatic carbocycles. The fraction of sp³-hybridized carbons (Fsp3) is 0.538. The summed E-state index contributed by atoms with van der Waals surface area (Å²) in [5.41, 5.74) is 1.47. The van der Waals surface area contributed by atoms with E-state index >= 15 is 0 Å². The maximum Gasteiger partial charge on any atom is 0.261 e. The summed E-state index contributed by atoms with van der Waals surface area (Å²) in [6.45, 7) is 8.46. The molecule has 0 aromatic heterocycles. The topological polar surface area (TPSA) is 43.4 Å². The molecule has 0 unspecified atom stereocenters. The monoisotopic (exact) mass is 290 g/mol. The molecule has 0 spiro atoms. The minimum atomic E-state index is -3.69. The third kappa shape index (κ3) is 3.89. The maximum absolute atomic E-state index is 11.3. The van der Waals surface area contributed by atoms with Gasteiger partial charge < -0.3 is 4.74 Å². The van der Waals surface area contributed by atoms with E-state index in [-0.39, 0.29) is 4.90 Å². The van der Waals surface area contributed by atoms with Crippen molar-refractivity contribution in [1.82, 2.24) is 0 Å². The van der Waals surface area contributed by atoms with Crippen molar-refractivity contribution in [3.05, 3.63) is 23.3 Å². The Hall–Kier alpha value is -0.740. The second kappa shape index (κ2) is 5.93. The van der Waals surface area contributed by atoms with Gasteiger partial charge in [0, 0.05) is 10.7 Å². The van der Waals surface area contributed by atoms with E-state index in [1.165, 1.54) is 6.07 Å². The van der Waals surface area contributed by atoms with Gasteiger partial charge in [-0.3, -0.25) is 0 Å². The summed E-state index contributed by atoms with van der Waals surface area (Å²) in [6, 6.07) is 3.16. The Morgan fingerprint density at radius 2 is 1.83 bits per heavy atom.